The SMILES string of the molecule is COC(=O)C1(c2c[nH]c3ccccc23)Nc2c(C)cccc2C1=O. The number of aromatic amines is 1. The number of benzene rings is 2. The fourth-order valence-corrected chi connectivity index (χ4v) is 3.45. The van der Waals surface area contributed by atoms with Gasteiger partial charge < -0.3 is 15.0 Å². The average molecular weight is 320 g/mol. The van der Waals surface area contributed by atoms with Crippen LogP contribution in [0, 0.1) is 6.92 Å². The van der Waals surface area contributed by atoms with Crippen LogP contribution in [-0.2, 0) is 15.1 Å². The third-order valence-electron chi connectivity index (χ3n) is 4.66. The van der Waals surface area contributed by atoms with Gasteiger partial charge >= 0.3 is 5.97 Å². The highest BCUT2D eigenvalue weighted by Crippen LogP contribution is 2.43. The molecule has 3 aromatic rings. The second kappa shape index (κ2) is 4.96. The first kappa shape index (κ1) is 14.5. The van der Waals surface area contributed by atoms with E-state index in [1.807, 2.05) is 43.3 Å². The lowest BCUT2D eigenvalue weighted by molar-refractivity contribution is -0.144. The molecule has 0 aliphatic carbocycles. The minimum atomic E-state index is -1.57. The molecule has 1 unspecified atom stereocenters. The molecule has 0 bridgehead atoms. The molecule has 5 heteroatoms. The molecule has 0 spiro atoms. The number of ketones is 1. The van der Waals surface area contributed by atoms with Crippen LogP contribution >= 0.6 is 0 Å². The van der Waals surface area contributed by atoms with E-state index in [1.165, 1.54) is 7.11 Å². The fourth-order valence-electron chi connectivity index (χ4n) is 3.45. The Bertz CT molecular complexity index is 989. The topological polar surface area (TPSA) is 71.2 Å². The number of aryl methyl sites for hydroxylation is 1. The van der Waals surface area contributed by atoms with Crippen LogP contribution in [0.25, 0.3) is 10.9 Å². The Morgan fingerprint density at radius 1 is 1.12 bits per heavy atom. The van der Waals surface area contributed by atoms with E-state index in [2.05, 4.69) is 10.3 Å². The molecule has 1 atom stereocenters. The lowest BCUT2D eigenvalue weighted by Crippen LogP contribution is -2.47. The summed E-state index contributed by atoms with van der Waals surface area (Å²) in [7, 11) is 1.30. The number of ether oxygens (including phenoxy) is 1. The molecule has 2 heterocycles. The van der Waals surface area contributed by atoms with Gasteiger partial charge in [-0.25, -0.2) is 4.79 Å². The molecular formula is C19H16N2O3. The number of H-pyrrole nitrogens is 1. The van der Waals surface area contributed by atoms with Gasteiger partial charge in [0.15, 0.2) is 0 Å². The van der Waals surface area contributed by atoms with Crippen LogP contribution in [0.1, 0.15) is 21.5 Å². The van der Waals surface area contributed by atoms with Gasteiger partial charge in [-0.15, -0.1) is 0 Å². The largest absolute Gasteiger partial charge is 0.467 e. The summed E-state index contributed by atoms with van der Waals surface area (Å²) in [4.78, 5) is 29.1. The predicted molar refractivity (Wildman–Crippen MR) is 91.1 cm³/mol. The summed E-state index contributed by atoms with van der Waals surface area (Å²) in [5.41, 5.74) is 1.96. The molecule has 4 rings (SSSR count). The van der Waals surface area contributed by atoms with E-state index in [-0.39, 0.29) is 5.78 Å². The number of nitrogens with one attached hydrogen (secondary N) is 2. The summed E-state index contributed by atoms with van der Waals surface area (Å²) < 4.78 is 5.02. The number of methoxy groups -OCH3 is 1. The Kier molecular flexibility index (Phi) is 3.00. The molecule has 120 valence electrons. The van der Waals surface area contributed by atoms with Crippen LogP contribution in [0.3, 0.4) is 0 Å². The molecule has 5 nitrogen and oxygen atoms in total. The Labute approximate surface area is 138 Å². The highest BCUT2D eigenvalue weighted by atomic mass is 16.5. The number of anilines is 1. The van der Waals surface area contributed by atoms with Gasteiger partial charge in [0, 0.05) is 33.9 Å². The van der Waals surface area contributed by atoms with Crippen molar-refractivity contribution in [3.63, 3.8) is 0 Å². The summed E-state index contributed by atoms with van der Waals surface area (Å²) in [6.07, 6.45) is 1.70. The molecule has 0 saturated heterocycles. The smallest absolute Gasteiger partial charge is 0.344 e. The maximum Gasteiger partial charge on any atom is 0.344 e. The van der Waals surface area contributed by atoms with Gasteiger partial charge in [-0.05, 0) is 24.6 Å². The lowest BCUT2D eigenvalue weighted by atomic mass is 9.85. The zero-order chi connectivity index (χ0) is 16.9. The number of carbonyl (C=O) groups excluding carboxylic acids is 2. The number of aromatic nitrogens is 1. The van der Waals surface area contributed by atoms with Crippen LogP contribution in [0.2, 0.25) is 0 Å². The first-order valence-electron chi connectivity index (χ1n) is 7.67. The average Bonchev–Trinajstić information content (AvgIpc) is 3.16. The summed E-state index contributed by atoms with van der Waals surface area (Å²) in [6.45, 7) is 1.90. The molecular weight excluding hydrogens is 304 g/mol. The standard InChI is InChI=1S/C19H16N2O3/c1-11-6-5-8-13-16(11)21-19(17(13)22,18(23)24-2)14-10-20-15-9-4-3-7-12(14)15/h3-10,20-21H,1-2H3. The third-order valence-corrected chi connectivity index (χ3v) is 4.66. The lowest BCUT2D eigenvalue weighted by Gasteiger charge is -2.25. The third kappa shape index (κ3) is 1.69. The van der Waals surface area contributed by atoms with Gasteiger partial charge in [0.2, 0.25) is 11.3 Å². The number of Topliss-reactive ketones (excluding diaryl/α,β-unsaturated/α-hetero) is 1. The number of esters is 1. The molecule has 0 fully saturated rings. The fraction of sp³-hybridized carbons (Fsp3) is 0.158. The molecule has 0 amide bonds. The summed E-state index contributed by atoms with van der Waals surface area (Å²) in [5, 5.41) is 3.98. The molecule has 0 saturated carbocycles. The Morgan fingerprint density at radius 2 is 1.92 bits per heavy atom. The van der Waals surface area contributed by atoms with E-state index < -0.39 is 11.5 Å². The zero-order valence-electron chi connectivity index (χ0n) is 13.3. The Morgan fingerprint density at radius 3 is 2.67 bits per heavy atom. The summed E-state index contributed by atoms with van der Waals surface area (Å²) in [6, 6.07) is 13.0. The maximum absolute atomic E-state index is 13.2. The minimum absolute atomic E-state index is 0.294. The first-order valence-corrected chi connectivity index (χ1v) is 7.67. The maximum atomic E-state index is 13.2. The van der Waals surface area contributed by atoms with Crippen LogP contribution < -0.4 is 5.32 Å². The molecule has 24 heavy (non-hydrogen) atoms. The quantitative estimate of drug-likeness (QED) is 0.562. The van der Waals surface area contributed by atoms with E-state index in [9.17, 15) is 9.59 Å². The summed E-state index contributed by atoms with van der Waals surface area (Å²) in [5.74, 6) is -0.911. The normalized spacial score (nSPS) is 19.2. The second-order valence-electron chi connectivity index (χ2n) is 5.94. The van der Waals surface area contributed by atoms with Gasteiger partial charge in [0.05, 0.1) is 7.11 Å². The number of rotatable bonds is 2. The highest BCUT2D eigenvalue weighted by molar-refractivity contribution is 6.26. The van der Waals surface area contributed by atoms with Crippen molar-refractivity contribution in [1.29, 1.82) is 0 Å². The van der Waals surface area contributed by atoms with Crippen molar-refractivity contribution < 1.29 is 14.3 Å². The monoisotopic (exact) mass is 320 g/mol. The highest BCUT2D eigenvalue weighted by Gasteiger charge is 2.55. The predicted octanol–water partition coefficient (Wildman–Crippen LogP) is 3.15. The van der Waals surface area contributed by atoms with Crippen molar-refractivity contribution in [3.05, 3.63) is 65.4 Å². The van der Waals surface area contributed by atoms with Gasteiger partial charge in [0.25, 0.3) is 0 Å². The van der Waals surface area contributed by atoms with Crippen molar-refractivity contribution in [1.82, 2.24) is 4.98 Å². The van der Waals surface area contributed by atoms with Crippen molar-refractivity contribution in [2.45, 2.75) is 12.5 Å². The first-order chi connectivity index (χ1) is 11.6. The van der Waals surface area contributed by atoms with Crippen LogP contribution in [0.5, 0.6) is 0 Å². The van der Waals surface area contributed by atoms with Crippen molar-refractivity contribution >= 4 is 28.3 Å². The molecule has 2 aromatic carbocycles. The van der Waals surface area contributed by atoms with Crippen molar-refractivity contribution in [2.75, 3.05) is 12.4 Å². The van der Waals surface area contributed by atoms with Crippen molar-refractivity contribution in [3.8, 4) is 0 Å². The molecule has 1 aromatic heterocycles. The number of hydrogen-bond donors (Lipinski definition) is 2. The van der Waals surface area contributed by atoms with Crippen LogP contribution in [0.15, 0.2) is 48.7 Å². The zero-order valence-corrected chi connectivity index (χ0v) is 13.3. The molecule has 1 aliphatic rings. The van der Waals surface area contributed by atoms with E-state index in [0.717, 1.165) is 16.5 Å². The molecule has 1 aliphatic heterocycles. The van der Waals surface area contributed by atoms with E-state index >= 15 is 0 Å². The van der Waals surface area contributed by atoms with E-state index in [0.29, 0.717) is 16.8 Å². The van der Waals surface area contributed by atoms with Crippen LogP contribution in [0.4, 0.5) is 5.69 Å². The summed E-state index contributed by atoms with van der Waals surface area (Å²) >= 11 is 0. The Hall–Kier alpha value is -3.08. The number of hydrogen-bond acceptors (Lipinski definition) is 4. The van der Waals surface area contributed by atoms with Crippen LogP contribution in [-0.4, -0.2) is 23.8 Å². The molecule has 0 radical (unpaired) electrons. The second-order valence-corrected chi connectivity index (χ2v) is 5.94. The van der Waals surface area contributed by atoms with E-state index in [1.54, 1.807) is 12.3 Å². The number of fused-ring (bicyclic) bond motifs is 2. The minimum Gasteiger partial charge on any atom is -0.467 e. The number of carbonyl (C=O) groups is 2. The van der Waals surface area contributed by atoms with E-state index in [4.69, 9.17) is 4.74 Å². The Balaban J connectivity index is 2.02. The van der Waals surface area contributed by atoms with Gasteiger partial charge in [-0.3, -0.25) is 4.79 Å². The number of para-hydroxylation sites is 2. The van der Waals surface area contributed by atoms with Gasteiger partial charge in [0.1, 0.15) is 0 Å². The van der Waals surface area contributed by atoms with Gasteiger partial charge in [-0.1, -0.05) is 30.3 Å². The van der Waals surface area contributed by atoms with Crippen molar-refractivity contribution in [2.24, 2.45) is 0 Å². The molecule has 2 N–H and O–H groups in total. The van der Waals surface area contributed by atoms with Gasteiger partial charge in [-0.2, -0.15) is 0 Å².